The van der Waals surface area contributed by atoms with Crippen LogP contribution >= 0.6 is 22.7 Å². The molecule has 196 valence electrons. The molecule has 0 radical (unpaired) electrons. The predicted molar refractivity (Wildman–Crippen MR) is 173 cm³/mol. The molecule has 0 saturated carbocycles. The molecule has 0 saturated heterocycles. The molecule has 0 aliphatic heterocycles. The van der Waals surface area contributed by atoms with Crippen molar-refractivity contribution in [2.45, 2.75) is 20.3 Å². The van der Waals surface area contributed by atoms with Gasteiger partial charge in [-0.25, -0.2) is 9.97 Å². The highest BCUT2D eigenvalue weighted by Crippen LogP contribution is 2.40. The normalized spacial score (nSPS) is 11.8. The van der Waals surface area contributed by atoms with Gasteiger partial charge in [-0.3, -0.25) is 9.97 Å². The maximum Gasteiger partial charge on any atom is 0.124 e. The summed E-state index contributed by atoms with van der Waals surface area (Å²) in [6.45, 7) is 4.08. The fourth-order valence-corrected chi connectivity index (χ4v) is 8.04. The van der Waals surface area contributed by atoms with Gasteiger partial charge in [0.2, 0.25) is 0 Å². The van der Waals surface area contributed by atoms with Gasteiger partial charge < -0.3 is 0 Å². The fraction of sp³-hybridized carbons (Fsp3) is 0.0857. The summed E-state index contributed by atoms with van der Waals surface area (Å²) in [5.41, 5.74) is 8.69. The van der Waals surface area contributed by atoms with Crippen molar-refractivity contribution >= 4 is 63.3 Å². The van der Waals surface area contributed by atoms with Gasteiger partial charge in [-0.1, -0.05) is 48.5 Å². The minimum atomic E-state index is 0.785. The zero-order chi connectivity index (χ0) is 27.5. The van der Waals surface area contributed by atoms with Gasteiger partial charge in [0.25, 0.3) is 0 Å². The van der Waals surface area contributed by atoms with Crippen molar-refractivity contribution in [3.8, 4) is 22.5 Å². The average Bonchev–Trinajstić information content (AvgIpc) is 3.55. The maximum absolute atomic E-state index is 4.87. The molecule has 0 N–H and O–H groups in total. The van der Waals surface area contributed by atoms with Gasteiger partial charge in [0.05, 0.1) is 11.4 Å². The lowest BCUT2D eigenvalue weighted by molar-refractivity contribution is 1.12. The molecule has 0 aliphatic carbocycles. The van der Waals surface area contributed by atoms with E-state index < -0.39 is 0 Å². The fourth-order valence-electron chi connectivity index (χ4n) is 5.56. The lowest BCUT2D eigenvalue weighted by Crippen LogP contribution is -1.93. The molecular formula is C35H24N4S2. The first-order chi connectivity index (χ1) is 20.1. The van der Waals surface area contributed by atoms with Crippen LogP contribution in [-0.2, 0) is 6.42 Å². The van der Waals surface area contributed by atoms with Crippen molar-refractivity contribution in [1.29, 1.82) is 0 Å². The van der Waals surface area contributed by atoms with Crippen LogP contribution in [-0.4, -0.2) is 19.9 Å². The van der Waals surface area contributed by atoms with Gasteiger partial charge in [-0.2, -0.15) is 0 Å². The minimum absolute atomic E-state index is 0.785. The highest BCUT2D eigenvalue weighted by Gasteiger charge is 2.14. The Kier molecular flexibility index (Phi) is 5.65. The van der Waals surface area contributed by atoms with Crippen LogP contribution in [0.25, 0.3) is 63.1 Å². The van der Waals surface area contributed by atoms with E-state index in [2.05, 4.69) is 84.9 Å². The number of rotatable bonds is 4. The van der Waals surface area contributed by atoms with Crippen LogP contribution in [0, 0.1) is 13.8 Å². The zero-order valence-corrected chi connectivity index (χ0v) is 24.2. The third-order valence-corrected chi connectivity index (χ3v) is 9.91. The standard InChI is InChI=1S/C35H24N4S2/c1-20-9-13-26-24-5-3-7-28(32(24)40-34(26)38-20)30-15-11-22(18-36-30)17-23-12-16-31(37-19-23)29-8-4-6-25-27-14-10-21(2)39-35(27)41-33(25)29/h3-16,18-19H,17H2,1-2H3. The van der Waals surface area contributed by atoms with Crippen molar-refractivity contribution < 1.29 is 0 Å². The number of aromatic nitrogens is 4. The lowest BCUT2D eigenvalue weighted by Gasteiger charge is -2.07. The quantitative estimate of drug-likeness (QED) is 0.214. The molecule has 0 unspecified atom stereocenters. The summed E-state index contributed by atoms with van der Waals surface area (Å²) in [5, 5.41) is 4.90. The number of aryl methyl sites for hydroxylation is 2. The van der Waals surface area contributed by atoms with Crippen LogP contribution in [0.15, 0.2) is 97.3 Å². The van der Waals surface area contributed by atoms with E-state index in [1.807, 2.05) is 26.2 Å². The third kappa shape index (κ3) is 4.19. The average molecular weight is 565 g/mol. The predicted octanol–water partition coefficient (Wildman–Crippen LogP) is 9.54. The molecule has 0 spiro atoms. The summed E-state index contributed by atoms with van der Waals surface area (Å²) in [7, 11) is 0. The molecule has 0 aliphatic rings. The van der Waals surface area contributed by atoms with E-state index in [9.17, 15) is 0 Å². The van der Waals surface area contributed by atoms with E-state index in [0.717, 1.165) is 61.1 Å². The Morgan fingerprint density at radius 1 is 0.512 bits per heavy atom. The summed E-state index contributed by atoms with van der Waals surface area (Å²) in [5.74, 6) is 0. The highest BCUT2D eigenvalue weighted by atomic mass is 32.1. The number of nitrogens with zero attached hydrogens (tertiary/aromatic N) is 4. The Morgan fingerprint density at radius 2 is 1.00 bits per heavy atom. The summed E-state index contributed by atoms with van der Waals surface area (Å²) >= 11 is 3.49. The Bertz CT molecular complexity index is 2080. The van der Waals surface area contributed by atoms with Crippen LogP contribution in [0.3, 0.4) is 0 Å². The van der Waals surface area contributed by atoms with Gasteiger partial charge in [0.1, 0.15) is 9.66 Å². The van der Waals surface area contributed by atoms with Gasteiger partial charge in [-0.05, 0) is 61.4 Å². The largest absolute Gasteiger partial charge is 0.256 e. The summed E-state index contributed by atoms with van der Waals surface area (Å²) in [4.78, 5) is 21.4. The smallest absolute Gasteiger partial charge is 0.124 e. The van der Waals surface area contributed by atoms with E-state index in [1.54, 1.807) is 22.7 Å². The molecule has 0 amide bonds. The van der Waals surface area contributed by atoms with Crippen LogP contribution in [0.1, 0.15) is 22.5 Å². The van der Waals surface area contributed by atoms with Gasteiger partial charge >= 0.3 is 0 Å². The summed E-state index contributed by atoms with van der Waals surface area (Å²) in [6, 6.07) is 30.0. The van der Waals surface area contributed by atoms with E-state index in [0.29, 0.717) is 0 Å². The second-order valence-corrected chi connectivity index (χ2v) is 12.5. The topological polar surface area (TPSA) is 51.6 Å². The van der Waals surface area contributed by atoms with E-state index in [1.165, 1.54) is 30.9 Å². The van der Waals surface area contributed by atoms with Crippen LogP contribution in [0.2, 0.25) is 0 Å². The van der Waals surface area contributed by atoms with Crippen molar-refractivity contribution in [1.82, 2.24) is 19.9 Å². The van der Waals surface area contributed by atoms with Gasteiger partial charge in [0.15, 0.2) is 0 Å². The van der Waals surface area contributed by atoms with E-state index in [-0.39, 0.29) is 0 Å². The number of fused-ring (bicyclic) bond motifs is 6. The maximum atomic E-state index is 4.87. The first kappa shape index (κ1) is 24.3. The number of benzene rings is 2. The first-order valence-corrected chi connectivity index (χ1v) is 15.2. The Labute approximate surface area is 245 Å². The van der Waals surface area contributed by atoms with Crippen molar-refractivity contribution in [2.24, 2.45) is 0 Å². The molecule has 0 bridgehead atoms. The van der Waals surface area contributed by atoms with Crippen molar-refractivity contribution in [3.63, 3.8) is 0 Å². The number of hydrogen-bond donors (Lipinski definition) is 0. The molecule has 4 nitrogen and oxygen atoms in total. The molecule has 41 heavy (non-hydrogen) atoms. The molecule has 0 fully saturated rings. The highest BCUT2D eigenvalue weighted by molar-refractivity contribution is 7.26. The van der Waals surface area contributed by atoms with E-state index in [4.69, 9.17) is 19.9 Å². The van der Waals surface area contributed by atoms with Crippen LogP contribution in [0.5, 0.6) is 0 Å². The SMILES string of the molecule is Cc1ccc2c(n1)sc1c(-c3ccc(Cc4ccc(-c5cccc6c5sc5nc(C)ccc56)nc4)cn3)cccc12. The van der Waals surface area contributed by atoms with Crippen LogP contribution in [0.4, 0.5) is 0 Å². The monoisotopic (exact) mass is 564 g/mol. The second-order valence-electron chi connectivity index (χ2n) is 10.5. The Morgan fingerprint density at radius 3 is 1.44 bits per heavy atom. The Balaban J connectivity index is 1.07. The van der Waals surface area contributed by atoms with Crippen molar-refractivity contribution in [2.75, 3.05) is 0 Å². The second kappa shape index (κ2) is 9.54. The van der Waals surface area contributed by atoms with Crippen LogP contribution < -0.4 is 0 Å². The summed E-state index contributed by atoms with van der Waals surface area (Å²) < 4.78 is 2.47. The minimum Gasteiger partial charge on any atom is -0.256 e. The lowest BCUT2D eigenvalue weighted by atomic mass is 10.0. The molecule has 0 atom stereocenters. The van der Waals surface area contributed by atoms with Crippen molar-refractivity contribution in [3.05, 3.63) is 120 Å². The molecule has 6 heterocycles. The Hall–Kier alpha value is -4.52. The molecule has 8 rings (SSSR count). The first-order valence-electron chi connectivity index (χ1n) is 13.6. The third-order valence-electron chi connectivity index (χ3n) is 7.62. The number of hydrogen-bond acceptors (Lipinski definition) is 6. The zero-order valence-electron chi connectivity index (χ0n) is 22.6. The summed E-state index contributed by atoms with van der Waals surface area (Å²) in [6.07, 6.45) is 4.77. The van der Waals surface area contributed by atoms with Gasteiger partial charge in [-0.15, -0.1) is 22.7 Å². The number of pyridine rings is 4. The molecule has 6 aromatic heterocycles. The molecule has 2 aromatic carbocycles. The molecule has 6 heteroatoms. The molecular weight excluding hydrogens is 541 g/mol. The van der Waals surface area contributed by atoms with E-state index >= 15 is 0 Å². The van der Waals surface area contributed by atoms with Gasteiger partial charge in [0, 0.05) is 72.3 Å². The number of thiophene rings is 2. The molecule has 8 aromatic rings.